The predicted molar refractivity (Wildman–Crippen MR) is 109 cm³/mol. The molecule has 1 saturated heterocycles. The van der Waals surface area contributed by atoms with Crippen molar-refractivity contribution in [2.75, 3.05) is 32.7 Å². The molecule has 1 aliphatic heterocycles. The number of nitrogens with zero attached hydrogens (tertiary/aromatic N) is 5. The molecule has 0 N–H and O–H groups in total. The number of aryl methyl sites for hydroxylation is 4. The maximum atomic E-state index is 12.7. The number of carbonyl (C=O) groups is 1. The van der Waals surface area contributed by atoms with Gasteiger partial charge in [0.15, 0.2) is 0 Å². The molecule has 0 spiro atoms. The van der Waals surface area contributed by atoms with Gasteiger partial charge in [-0.1, -0.05) is 0 Å². The first kappa shape index (κ1) is 19.3. The third kappa shape index (κ3) is 4.03. The Hall–Kier alpha value is -2.06. The third-order valence-corrected chi connectivity index (χ3v) is 6.72. The molecule has 1 amide bonds. The van der Waals surface area contributed by atoms with E-state index in [1.54, 1.807) is 10.7 Å². The Morgan fingerprint density at radius 3 is 2.57 bits per heavy atom. The summed E-state index contributed by atoms with van der Waals surface area (Å²) in [4.78, 5) is 34.4. The van der Waals surface area contributed by atoms with Crippen LogP contribution in [0.4, 0.5) is 0 Å². The molecule has 0 atom stereocenters. The quantitative estimate of drug-likeness (QED) is 0.779. The molecule has 150 valence electrons. The van der Waals surface area contributed by atoms with Gasteiger partial charge in [0.05, 0.1) is 22.9 Å². The Labute approximate surface area is 169 Å². The standard InChI is InChI=1S/C20H27N5O2S/c1-14-19(28-15(2)21-14)20(27)24-10-7-23(8-11-24)9-12-25-18(26)13-16-5-3-4-6-17(16)22-25/h13H,3-12H2,1-2H3. The Kier molecular flexibility index (Phi) is 5.59. The van der Waals surface area contributed by atoms with Crippen molar-refractivity contribution in [1.82, 2.24) is 24.6 Å². The molecule has 4 rings (SSSR count). The molecule has 2 aliphatic rings. The van der Waals surface area contributed by atoms with Gasteiger partial charge in [-0.25, -0.2) is 9.67 Å². The van der Waals surface area contributed by atoms with Gasteiger partial charge in [0.25, 0.3) is 11.5 Å². The number of hydrogen-bond acceptors (Lipinski definition) is 6. The molecule has 2 aromatic heterocycles. The summed E-state index contributed by atoms with van der Waals surface area (Å²) in [6, 6.07) is 1.78. The average molecular weight is 402 g/mol. The molecule has 2 aromatic rings. The maximum absolute atomic E-state index is 12.7. The van der Waals surface area contributed by atoms with Crippen molar-refractivity contribution in [3.63, 3.8) is 0 Å². The van der Waals surface area contributed by atoms with Crippen LogP contribution in [0.5, 0.6) is 0 Å². The molecule has 0 bridgehead atoms. The van der Waals surface area contributed by atoms with Crippen LogP contribution in [0.2, 0.25) is 0 Å². The van der Waals surface area contributed by atoms with E-state index >= 15 is 0 Å². The average Bonchev–Trinajstić information content (AvgIpc) is 3.04. The fourth-order valence-corrected chi connectivity index (χ4v) is 4.93. The topological polar surface area (TPSA) is 71.3 Å². The maximum Gasteiger partial charge on any atom is 0.267 e. The lowest BCUT2D eigenvalue weighted by Crippen LogP contribution is -2.49. The van der Waals surface area contributed by atoms with Crippen LogP contribution in [-0.2, 0) is 19.4 Å². The highest BCUT2D eigenvalue weighted by molar-refractivity contribution is 7.13. The minimum atomic E-state index is 0.00510. The molecule has 0 aromatic carbocycles. The monoisotopic (exact) mass is 401 g/mol. The van der Waals surface area contributed by atoms with Gasteiger partial charge in [0.1, 0.15) is 4.88 Å². The summed E-state index contributed by atoms with van der Waals surface area (Å²) < 4.78 is 1.62. The van der Waals surface area contributed by atoms with E-state index in [1.165, 1.54) is 11.3 Å². The van der Waals surface area contributed by atoms with Crippen LogP contribution >= 0.6 is 11.3 Å². The molecule has 1 fully saturated rings. The minimum absolute atomic E-state index is 0.00510. The summed E-state index contributed by atoms with van der Waals surface area (Å²) in [5.74, 6) is 0.0929. The molecule has 28 heavy (non-hydrogen) atoms. The third-order valence-electron chi connectivity index (χ3n) is 5.66. The molecular weight excluding hydrogens is 374 g/mol. The first-order valence-electron chi connectivity index (χ1n) is 10.1. The summed E-state index contributed by atoms with van der Waals surface area (Å²) in [5, 5.41) is 5.53. The second kappa shape index (κ2) is 8.13. The Bertz CT molecular complexity index is 927. The van der Waals surface area contributed by atoms with Gasteiger partial charge in [-0.3, -0.25) is 14.5 Å². The van der Waals surface area contributed by atoms with Gasteiger partial charge < -0.3 is 4.90 Å². The van der Waals surface area contributed by atoms with Gasteiger partial charge in [0, 0.05) is 38.8 Å². The number of fused-ring (bicyclic) bond motifs is 1. The van der Waals surface area contributed by atoms with Crippen LogP contribution in [0.15, 0.2) is 10.9 Å². The highest BCUT2D eigenvalue weighted by Gasteiger charge is 2.25. The number of piperazine rings is 1. The predicted octanol–water partition coefficient (Wildman–Crippen LogP) is 1.65. The van der Waals surface area contributed by atoms with Crippen LogP contribution in [-0.4, -0.2) is 63.2 Å². The Morgan fingerprint density at radius 2 is 1.86 bits per heavy atom. The molecule has 7 nitrogen and oxygen atoms in total. The number of rotatable bonds is 4. The summed E-state index contributed by atoms with van der Waals surface area (Å²) in [5.41, 5.74) is 3.06. The second-order valence-electron chi connectivity index (χ2n) is 7.67. The zero-order valence-corrected chi connectivity index (χ0v) is 17.4. The van der Waals surface area contributed by atoms with E-state index in [2.05, 4.69) is 15.0 Å². The fourth-order valence-electron chi connectivity index (χ4n) is 4.05. The highest BCUT2D eigenvalue weighted by Crippen LogP contribution is 2.20. The SMILES string of the molecule is Cc1nc(C)c(C(=O)N2CCN(CCn3nc4c(cc3=O)CCCC4)CC2)s1. The van der Waals surface area contributed by atoms with E-state index in [0.29, 0.717) is 19.6 Å². The van der Waals surface area contributed by atoms with Crippen molar-refractivity contribution in [3.8, 4) is 0 Å². The lowest BCUT2D eigenvalue weighted by Gasteiger charge is -2.34. The zero-order chi connectivity index (χ0) is 19.7. The first-order valence-corrected chi connectivity index (χ1v) is 10.9. The fraction of sp³-hybridized carbons (Fsp3) is 0.600. The summed E-state index contributed by atoms with van der Waals surface area (Å²) in [6.45, 7) is 8.28. The van der Waals surface area contributed by atoms with Crippen LogP contribution in [0.1, 0.15) is 44.5 Å². The van der Waals surface area contributed by atoms with Gasteiger partial charge in [-0.2, -0.15) is 5.10 Å². The van der Waals surface area contributed by atoms with E-state index in [-0.39, 0.29) is 11.5 Å². The van der Waals surface area contributed by atoms with Gasteiger partial charge in [-0.15, -0.1) is 11.3 Å². The van der Waals surface area contributed by atoms with E-state index in [9.17, 15) is 9.59 Å². The summed E-state index contributed by atoms with van der Waals surface area (Å²) >= 11 is 1.47. The normalized spacial score (nSPS) is 17.6. The Morgan fingerprint density at radius 1 is 1.11 bits per heavy atom. The number of thiazole rings is 1. The lowest BCUT2D eigenvalue weighted by atomic mass is 9.97. The lowest BCUT2D eigenvalue weighted by molar-refractivity contribution is 0.0635. The van der Waals surface area contributed by atoms with Crippen LogP contribution in [0.25, 0.3) is 0 Å². The van der Waals surface area contributed by atoms with E-state index in [4.69, 9.17) is 0 Å². The first-order chi connectivity index (χ1) is 13.5. The van der Waals surface area contributed by atoms with Crippen molar-refractivity contribution in [2.24, 2.45) is 0 Å². The number of amides is 1. The molecule has 3 heterocycles. The van der Waals surface area contributed by atoms with Crippen molar-refractivity contribution < 1.29 is 4.79 Å². The number of aromatic nitrogens is 3. The van der Waals surface area contributed by atoms with Gasteiger partial charge in [0.2, 0.25) is 0 Å². The van der Waals surface area contributed by atoms with E-state index < -0.39 is 0 Å². The number of hydrogen-bond donors (Lipinski definition) is 0. The van der Waals surface area contributed by atoms with Gasteiger partial charge in [-0.05, 0) is 45.1 Å². The molecule has 0 saturated carbocycles. The highest BCUT2D eigenvalue weighted by atomic mass is 32.1. The number of carbonyl (C=O) groups excluding carboxylic acids is 1. The van der Waals surface area contributed by atoms with Crippen molar-refractivity contribution >= 4 is 17.2 Å². The second-order valence-corrected chi connectivity index (χ2v) is 8.87. The van der Waals surface area contributed by atoms with Crippen molar-refractivity contribution in [3.05, 3.63) is 43.3 Å². The largest absolute Gasteiger partial charge is 0.335 e. The smallest absolute Gasteiger partial charge is 0.267 e. The van der Waals surface area contributed by atoms with Crippen molar-refractivity contribution in [2.45, 2.75) is 46.1 Å². The summed E-state index contributed by atoms with van der Waals surface area (Å²) in [6.07, 6.45) is 4.27. The van der Waals surface area contributed by atoms with Gasteiger partial charge >= 0.3 is 0 Å². The zero-order valence-electron chi connectivity index (χ0n) is 16.6. The minimum Gasteiger partial charge on any atom is -0.335 e. The molecular formula is C20H27N5O2S. The molecule has 1 aliphatic carbocycles. The summed E-state index contributed by atoms with van der Waals surface area (Å²) in [7, 11) is 0. The van der Waals surface area contributed by atoms with Crippen LogP contribution in [0, 0.1) is 13.8 Å². The molecule has 0 radical (unpaired) electrons. The molecule has 0 unspecified atom stereocenters. The Balaban J connectivity index is 1.32. The van der Waals surface area contributed by atoms with Crippen LogP contribution in [0.3, 0.4) is 0 Å². The van der Waals surface area contributed by atoms with E-state index in [1.807, 2.05) is 18.7 Å². The molecule has 8 heteroatoms. The van der Waals surface area contributed by atoms with E-state index in [0.717, 1.165) is 72.2 Å². The van der Waals surface area contributed by atoms with Crippen molar-refractivity contribution in [1.29, 1.82) is 0 Å². The van der Waals surface area contributed by atoms with Crippen LogP contribution < -0.4 is 5.56 Å².